The number of hydrogen-bond acceptors (Lipinski definition) is 7. The number of phenolic OH excluding ortho intramolecular Hbond substituents is 1. The number of benzene rings is 2. The van der Waals surface area contributed by atoms with Crippen molar-refractivity contribution in [2.45, 2.75) is 36.9 Å². The van der Waals surface area contributed by atoms with Crippen LogP contribution in [0.5, 0.6) is 5.75 Å². The lowest BCUT2D eigenvalue weighted by atomic mass is 9.75. The molecule has 5 aliphatic rings. The highest BCUT2D eigenvalue weighted by molar-refractivity contribution is 6.31. The predicted molar refractivity (Wildman–Crippen MR) is 117 cm³/mol. The Labute approximate surface area is 188 Å². The predicted octanol–water partition coefficient (Wildman–Crippen LogP) is 1.10. The van der Waals surface area contributed by atoms with Gasteiger partial charge in [0.2, 0.25) is 0 Å². The molecule has 2 aromatic carbocycles. The van der Waals surface area contributed by atoms with Crippen molar-refractivity contribution in [3.63, 3.8) is 0 Å². The molecule has 2 aromatic rings. The van der Waals surface area contributed by atoms with Crippen molar-refractivity contribution in [2.24, 2.45) is 0 Å². The van der Waals surface area contributed by atoms with E-state index >= 15 is 0 Å². The number of ether oxygens (including phenoxy) is 1. The van der Waals surface area contributed by atoms with E-state index < -0.39 is 29.6 Å². The largest absolute Gasteiger partial charge is 0.507 e. The molecule has 3 heterocycles. The van der Waals surface area contributed by atoms with Crippen molar-refractivity contribution in [3.8, 4) is 29.4 Å². The molecule has 3 aliphatic heterocycles. The molecule has 1 fully saturated rings. The van der Waals surface area contributed by atoms with Gasteiger partial charge >= 0.3 is 0 Å². The number of carbonyl (C=O) groups is 2. The zero-order chi connectivity index (χ0) is 22.5. The average molecular weight is 436 g/mol. The third-order valence-electron chi connectivity index (χ3n) is 7.05. The third kappa shape index (κ3) is 2.26. The number of phenols is 1. The molecule has 160 valence electrons. The van der Waals surface area contributed by atoms with Crippen LogP contribution in [0.25, 0.3) is 0 Å². The van der Waals surface area contributed by atoms with Crippen LogP contribution >= 0.6 is 0 Å². The molecule has 7 rings (SSSR count). The second-order valence-electron chi connectivity index (χ2n) is 8.76. The van der Waals surface area contributed by atoms with Gasteiger partial charge in [0.1, 0.15) is 17.9 Å². The molecule has 0 radical (unpaired) electrons. The number of aliphatic hydroxyl groups excluding tert-OH is 1. The molecular weight excluding hydrogens is 420 g/mol. The Hall–Kier alpha value is -3.88. The molecule has 2 bridgehead atoms. The number of allylic oxidation sites excluding steroid dienone is 2. The van der Waals surface area contributed by atoms with E-state index in [9.17, 15) is 19.8 Å². The maximum atomic E-state index is 13.8. The molecule has 4 atom stereocenters. The molecule has 0 aromatic heterocycles. The first-order chi connectivity index (χ1) is 16.0. The number of aromatic hydroxyl groups is 1. The van der Waals surface area contributed by atoms with Crippen LogP contribution in [0.1, 0.15) is 48.5 Å². The SMILES string of the molecule is O=C1c2cc3c(cc2C(=O)c2c4c(cc(O)c21)[C@@]12OC1[C@H](C#C/C=C\C#C[C@H]2O)N4)CNC3. The van der Waals surface area contributed by atoms with Gasteiger partial charge < -0.3 is 25.6 Å². The first kappa shape index (κ1) is 18.7. The van der Waals surface area contributed by atoms with Gasteiger partial charge in [-0.3, -0.25) is 9.59 Å². The molecule has 7 heteroatoms. The van der Waals surface area contributed by atoms with Gasteiger partial charge in [-0.15, -0.1) is 0 Å². The van der Waals surface area contributed by atoms with Crippen molar-refractivity contribution in [1.82, 2.24) is 5.32 Å². The summed E-state index contributed by atoms with van der Waals surface area (Å²) in [7, 11) is 0. The number of ketones is 2. The Bertz CT molecular complexity index is 1500. The van der Waals surface area contributed by atoms with Crippen molar-refractivity contribution in [2.75, 3.05) is 5.32 Å². The van der Waals surface area contributed by atoms with Gasteiger partial charge in [-0.1, -0.05) is 23.7 Å². The molecular formula is C26H16N2O5. The highest BCUT2D eigenvalue weighted by Gasteiger charge is 2.69. The van der Waals surface area contributed by atoms with Gasteiger partial charge in [0.25, 0.3) is 0 Å². The normalized spacial score (nSPS) is 30.0. The van der Waals surface area contributed by atoms with Crippen molar-refractivity contribution < 1.29 is 24.5 Å². The minimum atomic E-state index is -1.24. The summed E-state index contributed by atoms with van der Waals surface area (Å²) in [5, 5.41) is 28.3. The van der Waals surface area contributed by atoms with E-state index in [-0.39, 0.29) is 28.2 Å². The number of carbonyl (C=O) groups excluding carboxylic acids is 2. The van der Waals surface area contributed by atoms with E-state index in [0.717, 1.165) is 11.1 Å². The summed E-state index contributed by atoms with van der Waals surface area (Å²) in [5.74, 6) is 10.4. The zero-order valence-corrected chi connectivity index (χ0v) is 17.2. The minimum absolute atomic E-state index is 0.0434. The van der Waals surface area contributed by atoms with Gasteiger partial charge in [-0.2, -0.15) is 0 Å². The number of anilines is 1. The first-order valence-corrected chi connectivity index (χ1v) is 10.7. The number of hydrogen-bond donors (Lipinski definition) is 4. The third-order valence-corrected chi connectivity index (χ3v) is 7.05. The Morgan fingerprint density at radius 3 is 2.36 bits per heavy atom. The summed E-state index contributed by atoms with van der Waals surface area (Å²) >= 11 is 0. The molecule has 0 spiro atoms. The summed E-state index contributed by atoms with van der Waals surface area (Å²) in [6.07, 6.45) is 1.41. The van der Waals surface area contributed by atoms with Crippen LogP contribution in [-0.4, -0.2) is 40.0 Å². The lowest BCUT2D eigenvalue weighted by Gasteiger charge is -2.32. The van der Waals surface area contributed by atoms with Crippen LogP contribution in [0.3, 0.4) is 0 Å². The lowest BCUT2D eigenvalue weighted by Crippen LogP contribution is -2.42. The average Bonchev–Trinajstić information content (AvgIpc) is 3.42. The van der Waals surface area contributed by atoms with Crippen LogP contribution in [0.15, 0.2) is 30.4 Å². The lowest BCUT2D eigenvalue weighted by molar-refractivity contribution is 0.0975. The Kier molecular flexibility index (Phi) is 3.46. The summed E-state index contributed by atoms with van der Waals surface area (Å²) in [6.45, 7) is 1.26. The number of epoxide rings is 1. The van der Waals surface area contributed by atoms with Gasteiger partial charge in [0, 0.05) is 29.8 Å². The fraction of sp³-hybridized carbons (Fsp3) is 0.231. The summed E-state index contributed by atoms with van der Waals surface area (Å²) in [6, 6.07) is 4.38. The Morgan fingerprint density at radius 2 is 1.64 bits per heavy atom. The van der Waals surface area contributed by atoms with Gasteiger partial charge in [0.15, 0.2) is 23.3 Å². The molecule has 0 amide bonds. The van der Waals surface area contributed by atoms with Crippen molar-refractivity contribution >= 4 is 17.3 Å². The first-order valence-electron chi connectivity index (χ1n) is 10.7. The highest BCUT2D eigenvalue weighted by Crippen LogP contribution is 2.59. The van der Waals surface area contributed by atoms with E-state index in [1.807, 2.05) is 0 Å². The maximum absolute atomic E-state index is 13.8. The fourth-order valence-corrected chi connectivity index (χ4v) is 5.45. The standard InChI is InChI=1S/C26H16N2O5/c29-18-9-16-22(28-17-5-3-1-2-4-6-19(30)26(16)25(17)33-26)21-20(18)23(31)14-7-12-10-27-11-13(12)8-15(14)24(21)32/h1-2,7-9,17,19,25,27-30H,10-11H2/b2-1-/t17-,19+,25?,26-/m0/s1. The van der Waals surface area contributed by atoms with E-state index in [2.05, 4.69) is 34.3 Å². The minimum Gasteiger partial charge on any atom is -0.507 e. The Balaban J connectivity index is 1.49. The molecule has 33 heavy (non-hydrogen) atoms. The zero-order valence-electron chi connectivity index (χ0n) is 17.2. The second kappa shape index (κ2) is 6.12. The quantitative estimate of drug-likeness (QED) is 0.237. The summed E-state index contributed by atoms with van der Waals surface area (Å²) in [5.41, 5.74) is 2.11. The van der Waals surface area contributed by atoms with E-state index in [1.165, 1.54) is 6.07 Å². The molecule has 4 N–H and O–H groups in total. The van der Waals surface area contributed by atoms with E-state index in [0.29, 0.717) is 29.9 Å². The van der Waals surface area contributed by atoms with E-state index in [4.69, 9.17) is 4.74 Å². The highest BCUT2D eigenvalue weighted by atomic mass is 16.6. The number of aliphatic hydroxyl groups is 1. The van der Waals surface area contributed by atoms with Crippen molar-refractivity contribution in [1.29, 1.82) is 0 Å². The smallest absolute Gasteiger partial charge is 0.198 e. The van der Waals surface area contributed by atoms with Gasteiger partial charge in [0.05, 0.1) is 16.8 Å². The molecule has 7 nitrogen and oxygen atoms in total. The molecule has 0 saturated carbocycles. The Morgan fingerprint density at radius 1 is 0.970 bits per heavy atom. The monoisotopic (exact) mass is 436 g/mol. The fourth-order valence-electron chi connectivity index (χ4n) is 5.45. The number of fused-ring (bicyclic) bond motifs is 5. The second-order valence-corrected chi connectivity index (χ2v) is 8.76. The maximum Gasteiger partial charge on any atom is 0.198 e. The van der Waals surface area contributed by atoms with E-state index in [1.54, 1.807) is 24.3 Å². The van der Waals surface area contributed by atoms with Crippen LogP contribution in [-0.2, 0) is 23.4 Å². The van der Waals surface area contributed by atoms with Crippen molar-refractivity contribution in [3.05, 3.63) is 69.3 Å². The topological polar surface area (TPSA) is 111 Å². The number of rotatable bonds is 0. The molecule has 1 unspecified atom stereocenters. The molecule has 2 aliphatic carbocycles. The van der Waals surface area contributed by atoms with Gasteiger partial charge in [-0.25, -0.2) is 0 Å². The van der Waals surface area contributed by atoms with Crippen LogP contribution in [0, 0.1) is 23.7 Å². The van der Waals surface area contributed by atoms with Gasteiger partial charge in [-0.05, 0) is 41.5 Å². The van der Waals surface area contributed by atoms with Crippen LogP contribution < -0.4 is 10.6 Å². The van der Waals surface area contributed by atoms with Crippen LogP contribution in [0.4, 0.5) is 5.69 Å². The summed E-state index contributed by atoms with van der Waals surface area (Å²) in [4.78, 5) is 27.3. The summed E-state index contributed by atoms with van der Waals surface area (Å²) < 4.78 is 5.98. The molecule has 1 saturated heterocycles. The number of nitrogens with one attached hydrogen (secondary N) is 2. The van der Waals surface area contributed by atoms with Crippen LogP contribution in [0.2, 0.25) is 0 Å².